The van der Waals surface area contributed by atoms with Gasteiger partial charge < -0.3 is 9.26 Å². The minimum atomic E-state index is -3.74. The van der Waals surface area contributed by atoms with E-state index in [4.69, 9.17) is 20.9 Å². The zero-order valence-corrected chi connectivity index (χ0v) is 18.0. The first-order valence-electron chi connectivity index (χ1n) is 9.20. The molecule has 0 atom stereocenters. The molecule has 29 heavy (non-hydrogen) atoms. The average molecular weight is 433 g/mol. The number of benzene rings is 2. The lowest BCUT2D eigenvalue weighted by Crippen LogP contribution is -2.36. The monoisotopic (exact) mass is 432 g/mol. The van der Waals surface area contributed by atoms with Crippen molar-refractivity contribution in [2.45, 2.75) is 31.7 Å². The highest BCUT2D eigenvalue weighted by atomic mass is 35.5. The van der Waals surface area contributed by atoms with Crippen LogP contribution < -0.4 is 4.74 Å². The molecule has 1 aromatic heterocycles. The van der Waals surface area contributed by atoms with E-state index >= 15 is 0 Å². The Morgan fingerprint density at radius 2 is 1.83 bits per heavy atom. The number of halogens is 1. The third kappa shape index (κ3) is 3.54. The number of fused-ring (bicyclic) bond motifs is 1. The number of aryl methyl sites for hydroxylation is 2. The predicted molar refractivity (Wildman–Crippen MR) is 111 cm³/mol. The lowest BCUT2D eigenvalue weighted by Gasteiger charge is -2.26. The van der Waals surface area contributed by atoms with Crippen molar-refractivity contribution in [2.24, 2.45) is 0 Å². The molecule has 1 aliphatic rings. The van der Waals surface area contributed by atoms with Crippen LogP contribution in [0.2, 0.25) is 5.02 Å². The lowest BCUT2D eigenvalue weighted by atomic mass is 10.0. The molecule has 8 heteroatoms. The largest absolute Gasteiger partial charge is 0.495 e. The molecular weight excluding hydrogens is 412 g/mol. The van der Waals surface area contributed by atoms with Crippen LogP contribution in [0.3, 0.4) is 0 Å². The van der Waals surface area contributed by atoms with E-state index in [1.165, 1.54) is 11.4 Å². The van der Waals surface area contributed by atoms with Crippen LogP contribution in [-0.4, -0.2) is 31.5 Å². The molecule has 0 fully saturated rings. The summed E-state index contributed by atoms with van der Waals surface area (Å²) in [7, 11) is -2.26. The number of ether oxygens (including phenoxy) is 1. The Morgan fingerprint density at radius 1 is 1.14 bits per heavy atom. The summed E-state index contributed by atoms with van der Waals surface area (Å²) in [6, 6.07) is 10.7. The molecule has 2 heterocycles. The van der Waals surface area contributed by atoms with E-state index < -0.39 is 10.0 Å². The SMILES string of the molecule is COc1cc(C)c(C)cc1S(=O)(=O)N1CCc2c(noc2-c2ccc(Cl)cc2)C1. The molecule has 0 unspecified atom stereocenters. The second-order valence-electron chi connectivity index (χ2n) is 7.12. The summed E-state index contributed by atoms with van der Waals surface area (Å²) in [5, 5.41) is 4.78. The molecule has 0 spiro atoms. The van der Waals surface area contributed by atoms with Gasteiger partial charge >= 0.3 is 0 Å². The first-order valence-corrected chi connectivity index (χ1v) is 11.0. The molecule has 6 nitrogen and oxygen atoms in total. The predicted octanol–water partition coefficient (Wildman–Crippen LogP) is 4.37. The smallest absolute Gasteiger partial charge is 0.247 e. The summed E-state index contributed by atoms with van der Waals surface area (Å²) >= 11 is 5.96. The van der Waals surface area contributed by atoms with E-state index in [0.717, 1.165) is 22.3 Å². The van der Waals surface area contributed by atoms with Gasteiger partial charge in [0, 0.05) is 22.7 Å². The van der Waals surface area contributed by atoms with Crippen LogP contribution in [-0.2, 0) is 23.0 Å². The maximum Gasteiger partial charge on any atom is 0.247 e. The molecular formula is C21H21ClN2O4S. The quantitative estimate of drug-likeness (QED) is 0.612. The van der Waals surface area contributed by atoms with Gasteiger partial charge in [-0.15, -0.1) is 0 Å². The Kier molecular flexibility index (Phi) is 5.14. The van der Waals surface area contributed by atoms with Crippen LogP contribution >= 0.6 is 11.6 Å². The Bertz CT molecular complexity index is 1170. The Morgan fingerprint density at radius 3 is 2.52 bits per heavy atom. The average Bonchev–Trinajstić information content (AvgIpc) is 3.13. The third-order valence-electron chi connectivity index (χ3n) is 5.31. The summed E-state index contributed by atoms with van der Waals surface area (Å²) in [5.41, 5.74) is 4.31. The highest BCUT2D eigenvalue weighted by Gasteiger charge is 2.34. The number of rotatable bonds is 4. The second-order valence-corrected chi connectivity index (χ2v) is 9.46. The highest BCUT2D eigenvalue weighted by molar-refractivity contribution is 7.89. The second kappa shape index (κ2) is 7.48. The number of nitrogens with zero attached hydrogens (tertiary/aromatic N) is 2. The first kappa shape index (κ1) is 19.9. The van der Waals surface area contributed by atoms with Gasteiger partial charge in [-0.1, -0.05) is 16.8 Å². The van der Waals surface area contributed by atoms with Crippen molar-refractivity contribution in [1.29, 1.82) is 0 Å². The third-order valence-corrected chi connectivity index (χ3v) is 7.43. The normalized spacial score (nSPS) is 14.6. The van der Waals surface area contributed by atoms with E-state index in [-0.39, 0.29) is 11.4 Å². The number of hydrogen-bond donors (Lipinski definition) is 0. The Balaban J connectivity index is 1.67. The molecule has 4 rings (SSSR count). The van der Waals surface area contributed by atoms with Gasteiger partial charge in [0.2, 0.25) is 10.0 Å². The number of sulfonamides is 1. The van der Waals surface area contributed by atoms with Crippen LogP contribution in [0.25, 0.3) is 11.3 Å². The number of hydrogen-bond acceptors (Lipinski definition) is 5. The van der Waals surface area contributed by atoms with E-state index in [2.05, 4.69) is 5.16 Å². The van der Waals surface area contributed by atoms with Crippen molar-refractivity contribution in [2.75, 3.05) is 13.7 Å². The maximum absolute atomic E-state index is 13.3. The van der Waals surface area contributed by atoms with Gasteiger partial charge in [0.1, 0.15) is 16.3 Å². The molecule has 0 saturated heterocycles. The van der Waals surface area contributed by atoms with Crippen LogP contribution in [0, 0.1) is 13.8 Å². The van der Waals surface area contributed by atoms with Gasteiger partial charge in [-0.05, 0) is 67.8 Å². The lowest BCUT2D eigenvalue weighted by molar-refractivity contribution is 0.364. The molecule has 152 valence electrons. The molecule has 1 aliphatic heterocycles. The van der Waals surface area contributed by atoms with E-state index in [1.54, 1.807) is 24.3 Å². The molecule has 0 aliphatic carbocycles. The molecule has 2 aromatic carbocycles. The van der Waals surface area contributed by atoms with Crippen molar-refractivity contribution in [3.05, 3.63) is 63.8 Å². The van der Waals surface area contributed by atoms with Crippen LogP contribution in [0.4, 0.5) is 0 Å². The Labute approximate surface area is 175 Å². The molecule has 0 amide bonds. The number of aromatic nitrogens is 1. The zero-order valence-electron chi connectivity index (χ0n) is 16.4. The minimum Gasteiger partial charge on any atom is -0.495 e. The molecule has 0 radical (unpaired) electrons. The minimum absolute atomic E-state index is 0.158. The van der Waals surface area contributed by atoms with Gasteiger partial charge in [0.15, 0.2) is 5.76 Å². The van der Waals surface area contributed by atoms with Gasteiger partial charge in [0.25, 0.3) is 0 Å². The topological polar surface area (TPSA) is 72.6 Å². The van der Waals surface area contributed by atoms with Crippen LogP contribution in [0.15, 0.2) is 45.8 Å². The van der Waals surface area contributed by atoms with Gasteiger partial charge in [-0.3, -0.25) is 0 Å². The summed E-state index contributed by atoms with van der Waals surface area (Å²) in [6.45, 7) is 4.31. The summed E-state index contributed by atoms with van der Waals surface area (Å²) in [6.07, 6.45) is 0.517. The first-order chi connectivity index (χ1) is 13.8. The molecule has 0 saturated carbocycles. The van der Waals surface area contributed by atoms with Crippen molar-refractivity contribution < 1.29 is 17.7 Å². The van der Waals surface area contributed by atoms with Crippen LogP contribution in [0.1, 0.15) is 22.4 Å². The van der Waals surface area contributed by atoms with E-state index in [9.17, 15) is 8.42 Å². The van der Waals surface area contributed by atoms with Gasteiger partial charge in [-0.25, -0.2) is 8.42 Å². The molecule has 3 aromatic rings. The summed E-state index contributed by atoms with van der Waals surface area (Å²) < 4.78 is 39.0. The number of methoxy groups -OCH3 is 1. The highest BCUT2D eigenvalue weighted by Crippen LogP contribution is 2.35. The van der Waals surface area contributed by atoms with E-state index in [0.29, 0.717) is 35.2 Å². The van der Waals surface area contributed by atoms with E-state index in [1.807, 2.05) is 26.0 Å². The fourth-order valence-electron chi connectivity index (χ4n) is 3.50. The molecule has 0 N–H and O–H groups in total. The summed E-state index contributed by atoms with van der Waals surface area (Å²) in [4.78, 5) is 0.174. The van der Waals surface area contributed by atoms with Gasteiger partial charge in [-0.2, -0.15) is 4.31 Å². The van der Waals surface area contributed by atoms with Crippen molar-refractivity contribution in [3.63, 3.8) is 0 Å². The fraction of sp³-hybridized carbons (Fsp3) is 0.286. The fourth-order valence-corrected chi connectivity index (χ4v) is 5.25. The van der Waals surface area contributed by atoms with Crippen molar-refractivity contribution >= 4 is 21.6 Å². The summed E-state index contributed by atoms with van der Waals surface area (Å²) in [5.74, 6) is 1.01. The Hall–Kier alpha value is -2.35. The van der Waals surface area contributed by atoms with Crippen LogP contribution in [0.5, 0.6) is 5.75 Å². The van der Waals surface area contributed by atoms with Gasteiger partial charge in [0.05, 0.1) is 13.7 Å². The standard InChI is InChI=1S/C21H21ClN2O4S/c1-13-10-19(27-3)20(11-14(13)2)29(25,26)24-9-8-17-18(12-24)23-28-21(17)15-4-6-16(22)7-5-15/h4-7,10-11H,8-9,12H2,1-3H3. The van der Waals surface area contributed by atoms with Crippen molar-refractivity contribution in [3.8, 4) is 17.1 Å². The molecule has 0 bridgehead atoms. The zero-order chi connectivity index (χ0) is 20.8. The van der Waals surface area contributed by atoms with Crippen molar-refractivity contribution in [1.82, 2.24) is 9.46 Å². The maximum atomic E-state index is 13.3.